The fourth-order valence-electron chi connectivity index (χ4n) is 2.36. The van der Waals surface area contributed by atoms with E-state index >= 15 is 0 Å². The Morgan fingerprint density at radius 2 is 1.88 bits per heavy atom. The summed E-state index contributed by atoms with van der Waals surface area (Å²) >= 11 is 7.32. The number of aliphatic carboxylic acids is 1. The van der Waals surface area contributed by atoms with Crippen molar-refractivity contribution in [3.05, 3.63) is 59.2 Å². The second kappa shape index (κ2) is 9.59. The van der Waals surface area contributed by atoms with Gasteiger partial charge in [-0.2, -0.15) is 0 Å². The molecule has 0 bridgehead atoms. The van der Waals surface area contributed by atoms with Crippen LogP contribution in [0.25, 0.3) is 0 Å². The number of thiocarbonyl (C=S) groups is 1. The lowest BCUT2D eigenvalue weighted by molar-refractivity contribution is -0.137. The lowest BCUT2D eigenvalue weighted by Gasteiger charge is -2.14. The quantitative estimate of drug-likeness (QED) is 0.286. The van der Waals surface area contributed by atoms with Crippen LogP contribution in [0.1, 0.15) is 36.0 Å². The normalized spacial score (nSPS) is 10.5. The maximum absolute atomic E-state index is 10.6. The zero-order valence-electron chi connectivity index (χ0n) is 14.5. The standard InChI is InChI=1S/C20H22O3S2/c1-14-6-8-15(9-7-14)20(24)17-11-10-16(25-2)13-18(17)23-12-4-3-5-19(21)22/h6-11,13H,3-5,12H2,1-2H3,(H,21,22). The molecular formula is C20H22O3S2. The van der Waals surface area contributed by atoms with E-state index in [1.54, 1.807) is 11.8 Å². The minimum atomic E-state index is -0.773. The molecule has 0 radical (unpaired) electrons. The van der Waals surface area contributed by atoms with Crippen molar-refractivity contribution < 1.29 is 14.6 Å². The van der Waals surface area contributed by atoms with E-state index in [2.05, 4.69) is 0 Å². The number of hydrogen-bond donors (Lipinski definition) is 1. The molecule has 132 valence electrons. The summed E-state index contributed by atoms with van der Waals surface area (Å²) < 4.78 is 5.93. The van der Waals surface area contributed by atoms with Gasteiger partial charge in [0.15, 0.2) is 0 Å². The van der Waals surface area contributed by atoms with Crippen LogP contribution in [-0.2, 0) is 4.79 Å². The highest BCUT2D eigenvalue weighted by Gasteiger charge is 2.12. The van der Waals surface area contributed by atoms with Gasteiger partial charge in [0.1, 0.15) is 5.75 Å². The number of unbranched alkanes of at least 4 members (excludes halogenated alkanes) is 1. The SMILES string of the molecule is CSc1ccc(C(=S)c2ccc(C)cc2)c(OCCCCC(=O)O)c1. The summed E-state index contributed by atoms with van der Waals surface area (Å²) in [5.41, 5.74) is 3.09. The van der Waals surface area contributed by atoms with Crippen molar-refractivity contribution >= 4 is 34.8 Å². The molecule has 5 heteroatoms. The average molecular weight is 375 g/mol. The van der Waals surface area contributed by atoms with Gasteiger partial charge < -0.3 is 9.84 Å². The molecular weight excluding hydrogens is 352 g/mol. The number of carbonyl (C=O) groups is 1. The molecule has 0 heterocycles. The first-order valence-electron chi connectivity index (χ1n) is 8.15. The van der Waals surface area contributed by atoms with Crippen LogP contribution >= 0.6 is 24.0 Å². The van der Waals surface area contributed by atoms with Gasteiger partial charge in [-0.15, -0.1) is 11.8 Å². The number of rotatable bonds is 9. The molecule has 0 aliphatic heterocycles. The molecule has 0 atom stereocenters. The Kier molecular flexibility index (Phi) is 7.47. The molecule has 0 aromatic heterocycles. The van der Waals surface area contributed by atoms with Gasteiger partial charge in [0, 0.05) is 16.9 Å². The van der Waals surface area contributed by atoms with Crippen LogP contribution in [0.15, 0.2) is 47.4 Å². The van der Waals surface area contributed by atoms with Gasteiger partial charge in [-0.3, -0.25) is 4.79 Å². The lowest BCUT2D eigenvalue weighted by atomic mass is 10.0. The highest BCUT2D eigenvalue weighted by molar-refractivity contribution is 7.98. The summed E-state index contributed by atoms with van der Waals surface area (Å²) in [7, 11) is 0. The van der Waals surface area contributed by atoms with Crippen molar-refractivity contribution in [3.8, 4) is 5.75 Å². The maximum Gasteiger partial charge on any atom is 0.303 e. The van der Waals surface area contributed by atoms with Crippen molar-refractivity contribution in [2.24, 2.45) is 0 Å². The summed E-state index contributed by atoms with van der Waals surface area (Å²) in [5.74, 6) is -0.0154. The van der Waals surface area contributed by atoms with Gasteiger partial charge in [-0.25, -0.2) is 0 Å². The first kappa shape index (κ1) is 19.5. The molecule has 0 spiro atoms. The zero-order chi connectivity index (χ0) is 18.2. The van der Waals surface area contributed by atoms with Gasteiger partial charge in [-0.1, -0.05) is 42.0 Å². The largest absolute Gasteiger partial charge is 0.493 e. The van der Waals surface area contributed by atoms with Crippen LogP contribution in [0.2, 0.25) is 0 Å². The van der Waals surface area contributed by atoms with Crippen LogP contribution in [0.5, 0.6) is 5.75 Å². The molecule has 25 heavy (non-hydrogen) atoms. The first-order valence-corrected chi connectivity index (χ1v) is 9.78. The van der Waals surface area contributed by atoms with Crippen molar-refractivity contribution in [2.45, 2.75) is 31.1 Å². The minimum Gasteiger partial charge on any atom is -0.493 e. The number of ether oxygens (including phenoxy) is 1. The molecule has 0 aliphatic rings. The Hall–Kier alpha value is -1.85. The van der Waals surface area contributed by atoms with Gasteiger partial charge in [-0.05, 0) is 49.8 Å². The van der Waals surface area contributed by atoms with E-state index in [4.69, 9.17) is 22.1 Å². The number of benzene rings is 2. The smallest absolute Gasteiger partial charge is 0.303 e. The minimum absolute atomic E-state index is 0.169. The number of carboxylic acid groups (broad SMARTS) is 1. The highest BCUT2D eigenvalue weighted by Crippen LogP contribution is 2.28. The molecule has 2 rings (SSSR count). The fourth-order valence-corrected chi connectivity index (χ4v) is 3.09. The van der Waals surface area contributed by atoms with E-state index in [-0.39, 0.29) is 6.42 Å². The van der Waals surface area contributed by atoms with Crippen LogP contribution in [0.4, 0.5) is 0 Å². The van der Waals surface area contributed by atoms with Gasteiger partial charge in [0.05, 0.1) is 11.5 Å². The van der Waals surface area contributed by atoms with Gasteiger partial charge in [0.25, 0.3) is 0 Å². The van der Waals surface area contributed by atoms with Crippen LogP contribution < -0.4 is 4.74 Å². The predicted molar refractivity (Wildman–Crippen MR) is 107 cm³/mol. The summed E-state index contributed by atoms with van der Waals surface area (Å²) in [6.07, 6.45) is 3.49. The van der Waals surface area contributed by atoms with Crippen LogP contribution in [0, 0.1) is 6.92 Å². The maximum atomic E-state index is 10.6. The van der Waals surface area contributed by atoms with E-state index < -0.39 is 5.97 Å². The molecule has 1 N–H and O–H groups in total. The van der Waals surface area contributed by atoms with Crippen molar-refractivity contribution in [1.82, 2.24) is 0 Å². The monoisotopic (exact) mass is 374 g/mol. The summed E-state index contributed by atoms with van der Waals surface area (Å²) in [6.45, 7) is 2.53. The second-order valence-corrected chi connectivity index (χ2v) is 7.04. The second-order valence-electron chi connectivity index (χ2n) is 5.76. The molecule has 0 saturated carbocycles. The molecule has 2 aromatic carbocycles. The Labute approximate surface area is 158 Å². The van der Waals surface area contributed by atoms with Crippen molar-refractivity contribution in [3.63, 3.8) is 0 Å². The molecule has 0 saturated heterocycles. The van der Waals surface area contributed by atoms with E-state index in [1.165, 1.54) is 5.56 Å². The summed E-state index contributed by atoms with van der Waals surface area (Å²) in [4.78, 5) is 12.4. The Morgan fingerprint density at radius 1 is 1.16 bits per heavy atom. The third-order valence-corrected chi connectivity index (χ3v) is 4.97. The van der Waals surface area contributed by atoms with E-state index in [0.29, 0.717) is 19.4 Å². The predicted octanol–water partition coefficient (Wildman–Crippen LogP) is 5.12. The van der Waals surface area contributed by atoms with Crippen molar-refractivity contribution in [1.29, 1.82) is 0 Å². The molecule has 2 aromatic rings. The number of thioether (sulfide) groups is 1. The van der Waals surface area contributed by atoms with E-state index in [0.717, 1.165) is 26.6 Å². The Balaban J connectivity index is 2.14. The van der Waals surface area contributed by atoms with Gasteiger partial charge in [0.2, 0.25) is 0 Å². The molecule has 0 amide bonds. The number of aryl methyl sites for hydroxylation is 1. The first-order chi connectivity index (χ1) is 12.0. The third kappa shape index (κ3) is 5.87. The topological polar surface area (TPSA) is 46.5 Å². The van der Waals surface area contributed by atoms with Gasteiger partial charge >= 0.3 is 5.97 Å². The van der Waals surface area contributed by atoms with Crippen LogP contribution in [-0.4, -0.2) is 28.8 Å². The highest BCUT2D eigenvalue weighted by atomic mass is 32.2. The average Bonchev–Trinajstić information content (AvgIpc) is 2.61. The molecule has 0 fully saturated rings. The van der Waals surface area contributed by atoms with Crippen LogP contribution in [0.3, 0.4) is 0 Å². The van der Waals surface area contributed by atoms with E-state index in [9.17, 15) is 4.79 Å². The summed E-state index contributed by atoms with van der Waals surface area (Å²) in [6, 6.07) is 14.2. The zero-order valence-corrected chi connectivity index (χ0v) is 16.1. The molecule has 0 unspecified atom stereocenters. The number of carboxylic acids is 1. The van der Waals surface area contributed by atoms with Crippen molar-refractivity contribution in [2.75, 3.05) is 12.9 Å². The van der Waals surface area contributed by atoms with E-state index in [1.807, 2.05) is 55.6 Å². The fraction of sp³-hybridized carbons (Fsp3) is 0.300. The Morgan fingerprint density at radius 3 is 2.52 bits per heavy atom. The Bertz CT molecular complexity index is 739. The third-order valence-electron chi connectivity index (χ3n) is 3.79. The molecule has 3 nitrogen and oxygen atoms in total. The summed E-state index contributed by atoms with van der Waals surface area (Å²) in [5, 5.41) is 8.70. The molecule has 0 aliphatic carbocycles. The number of hydrogen-bond acceptors (Lipinski definition) is 4. The lowest BCUT2D eigenvalue weighted by Crippen LogP contribution is -2.06.